The predicted molar refractivity (Wildman–Crippen MR) is 137 cm³/mol. The Balaban J connectivity index is 0.000000380. The summed E-state index contributed by atoms with van der Waals surface area (Å²) in [6.07, 6.45) is -2.51. The van der Waals surface area contributed by atoms with Crippen molar-refractivity contribution in [1.82, 2.24) is 10.6 Å². The molecule has 12 nitrogen and oxygen atoms in total. The maximum Gasteiger partial charge on any atom is 0.408 e. The standard InChI is InChI=1S/2C13H23NO5/c2*1-8(2)18-10(16)13(6-9(15)7-13)14-11(17)19-12(3,4)5/h2*8-9,15H,6-7H2,1-5H3,(H,14,17). The van der Waals surface area contributed by atoms with Crippen LogP contribution in [-0.2, 0) is 28.5 Å². The molecule has 0 atom stereocenters. The number of ether oxygens (including phenoxy) is 4. The zero-order valence-electron chi connectivity index (χ0n) is 24.3. The molecule has 0 heterocycles. The first-order chi connectivity index (χ1) is 17.1. The Morgan fingerprint density at radius 3 is 1.11 bits per heavy atom. The molecule has 2 aliphatic carbocycles. The van der Waals surface area contributed by atoms with E-state index in [1.54, 1.807) is 69.2 Å². The van der Waals surface area contributed by atoms with E-state index in [1.165, 1.54) is 0 Å². The summed E-state index contributed by atoms with van der Waals surface area (Å²) in [5, 5.41) is 23.9. The highest BCUT2D eigenvalue weighted by Gasteiger charge is 2.54. The van der Waals surface area contributed by atoms with Crippen LogP contribution in [0.5, 0.6) is 0 Å². The molecule has 4 N–H and O–H groups in total. The van der Waals surface area contributed by atoms with E-state index in [1.807, 2.05) is 0 Å². The van der Waals surface area contributed by atoms with Crippen molar-refractivity contribution in [1.29, 1.82) is 0 Å². The molecule has 12 heteroatoms. The van der Waals surface area contributed by atoms with Crippen molar-refractivity contribution in [2.75, 3.05) is 0 Å². The van der Waals surface area contributed by atoms with Crippen molar-refractivity contribution in [3.05, 3.63) is 0 Å². The number of hydrogen-bond acceptors (Lipinski definition) is 10. The zero-order chi connectivity index (χ0) is 29.7. The molecular formula is C26H46N2O10. The van der Waals surface area contributed by atoms with E-state index in [0.29, 0.717) is 0 Å². The second-order valence-corrected chi connectivity index (χ2v) is 12.5. The van der Waals surface area contributed by atoms with Gasteiger partial charge < -0.3 is 39.8 Å². The van der Waals surface area contributed by atoms with Gasteiger partial charge >= 0.3 is 24.1 Å². The van der Waals surface area contributed by atoms with Gasteiger partial charge in [0.15, 0.2) is 0 Å². The SMILES string of the molecule is CC(C)OC(=O)C1(NC(=O)OC(C)(C)C)CC(O)C1.CC(C)OC(=O)C1(NC(=O)OC(C)(C)C)CC(O)C1. The number of nitrogens with one attached hydrogen (secondary N) is 2. The Morgan fingerprint density at radius 1 is 0.658 bits per heavy atom. The van der Waals surface area contributed by atoms with Crippen LogP contribution in [-0.4, -0.2) is 81.0 Å². The number of carbonyl (C=O) groups excluding carboxylic acids is 4. The molecule has 2 aliphatic rings. The molecule has 2 amide bonds. The normalized spacial score (nSPS) is 26.6. The first-order valence-corrected chi connectivity index (χ1v) is 12.9. The average molecular weight is 547 g/mol. The van der Waals surface area contributed by atoms with Gasteiger partial charge in [0.25, 0.3) is 0 Å². The van der Waals surface area contributed by atoms with Gasteiger partial charge in [0.05, 0.1) is 24.4 Å². The summed E-state index contributed by atoms with van der Waals surface area (Å²) in [7, 11) is 0. The van der Waals surface area contributed by atoms with Crippen LogP contribution >= 0.6 is 0 Å². The molecule has 0 aromatic heterocycles. The Labute approximate surface area is 225 Å². The predicted octanol–water partition coefficient (Wildman–Crippen LogP) is 2.71. The van der Waals surface area contributed by atoms with Crippen LogP contribution in [0.25, 0.3) is 0 Å². The van der Waals surface area contributed by atoms with Crippen molar-refractivity contribution in [3.8, 4) is 0 Å². The number of rotatable bonds is 6. The van der Waals surface area contributed by atoms with Crippen molar-refractivity contribution >= 4 is 24.1 Å². The zero-order valence-corrected chi connectivity index (χ0v) is 24.3. The molecule has 0 bridgehead atoms. The topological polar surface area (TPSA) is 170 Å². The molecule has 220 valence electrons. The molecule has 0 aromatic carbocycles. The minimum Gasteiger partial charge on any atom is -0.461 e. The maximum absolute atomic E-state index is 12.0. The van der Waals surface area contributed by atoms with Gasteiger partial charge in [-0.2, -0.15) is 0 Å². The third kappa shape index (κ3) is 10.6. The number of carbonyl (C=O) groups is 4. The van der Waals surface area contributed by atoms with Gasteiger partial charge in [0.1, 0.15) is 22.3 Å². The highest BCUT2D eigenvalue weighted by atomic mass is 16.6. The van der Waals surface area contributed by atoms with Crippen LogP contribution in [0.1, 0.15) is 94.9 Å². The summed E-state index contributed by atoms with van der Waals surface area (Å²) >= 11 is 0. The molecule has 0 unspecified atom stereocenters. The molecule has 2 rings (SSSR count). The Morgan fingerprint density at radius 2 is 0.921 bits per heavy atom. The van der Waals surface area contributed by atoms with E-state index in [2.05, 4.69) is 10.6 Å². The first-order valence-electron chi connectivity index (χ1n) is 12.9. The summed E-state index contributed by atoms with van der Waals surface area (Å²) in [6.45, 7) is 17.3. The lowest BCUT2D eigenvalue weighted by molar-refractivity contribution is -0.165. The van der Waals surface area contributed by atoms with Gasteiger partial charge in [-0.3, -0.25) is 0 Å². The summed E-state index contributed by atoms with van der Waals surface area (Å²) in [5.41, 5.74) is -3.61. The van der Waals surface area contributed by atoms with E-state index >= 15 is 0 Å². The van der Waals surface area contributed by atoms with Crippen LogP contribution in [0.3, 0.4) is 0 Å². The molecule has 2 saturated carbocycles. The van der Waals surface area contributed by atoms with Crippen molar-refractivity contribution < 1.29 is 48.3 Å². The van der Waals surface area contributed by atoms with Crippen LogP contribution in [0.15, 0.2) is 0 Å². The lowest BCUT2D eigenvalue weighted by atomic mass is 9.74. The van der Waals surface area contributed by atoms with Gasteiger partial charge in [-0.1, -0.05) is 0 Å². The average Bonchev–Trinajstić information content (AvgIpc) is 2.61. The fourth-order valence-corrected chi connectivity index (χ4v) is 3.78. The van der Waals surface area contributed by atoms with E-state index < -0.39 is 58.6 Å². The Kier molecular flexibility index (Phi) is 11.0. The minimum atomic E-state index is -1.16. The number of hydrogen-bond donors (Lipinski definition) is 4. The van der Waals surface area contributed by atoms with E-state index in [9.17, 15) is 29.4 Å². The molecule has 0 radical (unpaired) electrons. The molecule has 38 heavy (non-hydrogen) atoms. The van der Waals surface area contributed by atoms with E-state index in [-0.39, 0.29) is 37.9 Å². The molecular weight excluding hydrogens is 500 g/mol. The van der Waals surface area contributed by atoms with Gasteiger partial charge in [-0.15, -0.1) is 0 Å². The molecule has 0 aliphatic heterocycles. The number of esters is 2. The van der Waals surface area contributed by atoms with E-state index in [0.717, 1.165) is 0 Å². The van der Waals surface area contributed by atoms with Crippen LogP contribution in [0, 0.1) is 0 Å². The van der Waals surface area contributed by atoms with Gasteiger partial charge in [0, 0.05) is 25.7 Å². The highest BCUT2D eigenvalue weighted by Crippen LogP contribution is 2.35. The minimum absolute atomic E-state index is 0.151. The summed E-state index contributed by atoms with van der Waals surface area (Å²) in [4.78, 5) is 47.5. The fraction of sp³-hybridized carbons (Fsp3) is 0.846. The van der Waals surface area contributed by atoms with Crippen LogP contribution in [0.2, 0.25) is 0 Å². The van der Waals surface area contributed by atoms with Gasteiger partial charge in [0.2, 0.25) is 0 Å². The number of alkyl carbamates (subject to hydrolysis) is 2. The maximum atomic E-state index is 12.0. The molecule has 0 aromatic rings. The summed E-state index contributed by atoms with van der Waals surface area (Å²) < 4.78 is 20.5. The molecule has 2 fully saturated rings. The monoisotopic (exact) mass is 546 g/mol. The molecule has 0 saturated heterocycles. The third-order valence-corrected chi connectivity index (χ3v) is 5.28. The smallest absolute Gasteiger partial charge is 0.408 e. The fourth-order valence-electron chi connectivity index (χ4n) is 3.78. The highest BCUT2D eigenvalue weighted by molar-refractivity contribution is 5.88. The van der Waals surface area contributed by atoms with Crippen LogP contribution in [0.4, 0.5) is 9.59 Å². The molecule has 0 spiro atoms. The van der Waals surface area contributed by atoms with Gasteiger partial charge in [-0.05, 0) is 69.2 Å². The second-order valence-electron chi connectivity index (χ2n) is 12.5. The van der Waals surface area contributed by atoms with Gasteiger partial charge in [-0.25, -0.2) is 19.2 Å². The van der Waals surface area contributed by atoms with Crippen molar-refractivity contribution in [2.45, 2.75) is 142 Å². The largest absolute Gasteiger partial charge is 0.461 e. The summed E-state index contributed by atoms with van der Waals surface area (Å²) in [5.74, 6) is -1.06. The van der Waals surface area contributed by atoms with Crippen molar-refractivity contribution in [3.63, 3.8) is 0 Å². The number of amides is 2. The Bertz CT molecular complexity index is 775. The lowest BCUT2D eigenvalue weighted by Crippen LogP contribution is -2.65. The third-order valence-electron chi connectivity index (χ3n) is 5.28. The number of aliphatic hydroxyl groups excluding tert-OH is 2. The summed E-state index contributed by atoms with van der Waals surface area (Å²) in [6, 6.07) is 0. The number of aliphatic hydroxyl groups is 2. The van der Waals surface area contributed by atoms with Crippen LogP contribution < -0.4 is 10.6 Å². The van der Waals surface area contributed by atoms with Crippen molar-refractivity contribution in [2.24, 2.45) is 0 Å². The second kappa shape index (κ2) is 12.5. The Hall–Kier alpha value is -2.60. The van der Waals surface area contributed by atoms with E-state index in [4.69, 9.17) is 18.9 Å². The lowest BCUT2D eigenvalue weighted by Gasteiger charge is -2.43. The quantitative estimate of drug-likeness (QED) is 0.287. The first kappa shape index (κ1) is 33.4.